The average molecular weight is 462 g/mol. The van der Waals surface area contributed by atoms with Crippen molar-refractivity contribution in [3.05, 3.63) is 30.3 Å². The Bertz CT molecular complexity index is 485. The number of hydrogen-bond acceptors (Lipinski definition) is 0. The molecule has 23 heavy (non-hydrogen) atoms. The summed E-state index contributed by atoms with van der Waals surface area (Å²) in [6.07, 6.45) is 0. The van der Waals surface area contributed by atoms with Crippen molar-refractivity contribution in [3.63, 3.8) is 0 Å². The summed E-state index contributed by atoms with van der Waals surface area (Å²) in [4.78, 5) is 0. The van der Waals surface area contributed by atoms with Gasteiger partial charge in [-0.1, -0.05) is 0 Å². The predicted octanol–water partition coefficient (Wildman–Crippen LogP) is 5.00. The van der Waals surface area contributed by atoms with Crippen molar-refractivity contribution in [2.75, 3.05) is 0 Å². The first kappa shape index (κ1) is 21.9. The van der Waals surface area contributed by atoms with Crippen LogP contribution in [0.3, 0.4) is 0 Å². The van der Waals surface area contributed by atoms with Crippen molar-refractivity contribution < 1.29 is 0 Å². The van der Waals surface area contributed by atoms with Crippen molar-refractivity contribution in [2.45, 2.75) is 72.0 Å². The van der Waals surface area contributed by atoms with E-state index >= 15 is 0 Å². The second kappa shape index (κ2) is 6.85. The maximum atomic E-state index is 2.74. The van der Waals surface area contributed by atoms with Gasteiger partial charge in [-0.15, -0.1) is 0 Å². The molecule has 0 bridgehead atoms. The molecular formula is C17H38SeSi5. The molecule has 0 nitrogen and oxygen atoms in total. The molecular weight excluding hydrogens is 424 g/mol. The van der Waals surface area contributed by atoms with E-state index in [9.17, 15) is 0 Å². The fourth-order valence-electron chi connectivity index (χ4n) is 5.12. The molecule has 0 atom stereocenters. The van der Waals surface area contributed by atoms with Crippen LogP contribution in [0.5, 0.6) is 0 Å². The molecule has 0 saturated heterocycles. The van der Waals surface area contributed by atoms with Crippen molar-refractivity contribution in [3.8, 4) is 0 Å². The molecule has 0 aromatic heterocycles. The van der Waals surface area contributed by atoms with Gasteiger partial charge in [-0.3, -0.25) is 0 Å². The standard InChI is InChI=1S/C17H38SeSi5/c1-19(2,3)23(20(4,5)6,21(7,8)9)18-22(10,11)17-15-13-12-14-16-17/h12-16H,1-11H3. The quantitative estimate of drug-likeness (QED) is 0.523. The molecule has 0 heterocycles. The van der Waals surface area contributed by atoms with E-state index in [1.165, 1.54) is 0 Å². The van der Waals surface area contributed by atoms with Gasteiger partial charge in [-0.25, -0.2) is 0 Å². The van der Waals surface area contributed by atoms with E-state index in [4.69, 9.17) is 0 Å². The third-order valence-corrected chi connectivity index (χ3v) is 142. The van der Waals surface area contributed by atoms with Gasteiger partial charge >= 0.3 is 156 Å². The number of benzene rings is 1. The minimum atomic E-state index is -1.32. The van der Waals surface area contributed by atoms with Gasteiger partial charge in [0.2, 0.25) is 0 Å². The van der Waals surface area contributed by atoms with E-state index in [1.807, 2.05) is 0 Å². The molecule has 0 saturated carbocycles. The maximum absolute atomic E-state index is 2.74. The summed E-state index contributed by atoms with van der Waals surface area (Å²) >= 11 is 0.904. The molecule has 0 fully saturated rings. The molecule has 1 aromatic carbocycles. The molecule has 1 aromatic rings. The summed E-state index contributed by atoms with van der Waals surface area (Å²) in [7, 11) is -3.38. The van der Waals surface area contributed by atoms with Crippen LogP contribution in [-0.4, -0.2) is 48.4 Å². The van der Waals surface area contributed by atoms with Gasteiger partial charge in [-0.05, 0) is 0 Å². The van der Waals surface area contributed by atoms with Crippen LogP contribution in [0.2, 0.25) is 72.0 Å². The molecule has 0 radical (unpaired) electrons. The van der Waals surface area contributed by atoms with E-state index in [0.29, 0.717) is 0 Å². The van der Waals surface area contributed by atoms with E-state index in [1.54, 1.807) is 5.19 Å². The summed E-state index contributed by atoms with van der Waals surface area (Å²) in [6, 6.07) is 11.6. The Balaban J connectivity index is 3.55. The molecule has 0 unspecified atom stereocenters. The van der Waals surface area contributed by atoms with Crippen molar-refractivity contribution in [1.82, 2.24) is 0 Å². The summed E-state index contributed by atoms with van der Waals surface area (Å²) in [5.74, 6) is 0. The Morgan fingerprint density at radius 1 is 0.565 bits per heavy atom. The molecule has 132 valence electrons. The molecule has 6 heteroatoms. The zero-order chi connectivity index (χ0) is 18.3. The first-order chi connectivity index (χ1) is 10.1. The van der Waals surface area contributed by atoms with Gasteiger partial charge in [0.15, 0.2) is 0 Å². The van der Waals surface area contributed by atoms with E-state index in [2.05, 4.69) is 102 Å². The molecule has 0 amide bonds. The van der Waals surface area contributed by atoms with Crippen LogP contribution in [0, 0.1) is 0 Å². The molecule has 0 N–H and O–H groups in total. The molecule has 1 rings (SSSR count). The van der Waals surface area contributed by atoms with Crippen LogP contribution in [0.1, 0.15) is 0 Å². The third-order valence-electron chi connectivity index (χ3n) is 5.05. The number of hydrogen-bond donors (Lipinski definition) is 0. The molecule has 0 aliphatic rings. The van der Waals surface area contributed by atoms with Gasteiger partial charge in [0.05, 0.1) is 0 Å². The third kappa shape index (κ3) is 4.33. The summed E-state index contributed by atoms with van der Waals surface area (Å²) in [6.45, 7) is 28.7. The Morgan fingerprint density at radius 2 is 0.913 bits per heavy atom. The zero-order valence-electron chi connectivity index (χ0n) is 17.3. The number of rotatable bonds is 6. The first-order valence-electron chi connectivity index (χ1n) is 8.82. The summed E-state index contributed by atoms with van der Waals surface area (Å²) in [5, 5.41) is 0.537. The topological polar surface area (TPSA) is 0 Å². The van der Waals surface area contributed by atoms with Gasteiger partial charge in [0.25, 0.3) is 0 Å². The van der Waals surface area contributed by atoms with Crippen LogP contribution < -0.4 is 5.19 Å². The van der Waals surface area contributed by atoms with Gasteiger partial charge in [-0.2, -0.15) is 0 Å². The van der Waals surface area contributed by atoms with Crippen molar-refractivity contribution in [1.29, 1.82) is 0 Å². The van der Waals surface area contributed by atoms with Gasteiger partial charge in [0.1, 0.15) is 0 Å². The fourth-order valence-corrected chi connectivity index (χ4v) is 215. The van der Waals surface area contributed by atoms with Crippen LogP contribution in [0.15, 0.2) is 30.3 Å². The van der Waals surface area contributed by atoms with E-state index in [-0.39, 0.29) is 0 Å². The van der Waals surface area contributed by atoms with Crippen molar-refractivity contribution >= 4 is 53.6 Å². The molecule has 0 aliphatic carbocycles. The Kier molecular flexibility index (Phi) is 6.52. The monoisotopic (exact) mass is 462 g/mol. The second-order valence-electron chi connectivity index (χ2n) is 10.4. The van der Waals surface area contributed by atoms with Crippen LogP contribution in [-0.2, 0) is 0 Å². The Labute approximate surface area is 155 Å². The molecule has 0 spiro atoms. The summed E-state index contributed by atoms with van der Waals surface area (Å²) < 4.78 is 0. The molecule has 0 aliphatic heterocycles. The summed E-state index contributed by atoms with van der Waals surface area (Å²) in [5.41, 5.74) is 0. The van der Waals surface area contributed by atoms with E-state index in [0.717, 1.165) is 13.7 Å². The second-order valence-corrected chi connectivity index (χ2v) is 75.9. The van der Waals surface area contributed by atoms with Gasteiger partial charge < -0.3 is 0 Å². The first-order valence-corrected chi connectivity index (χ1v) is 32.3. The van der Waals surface area contributed by atoms with Crippen LogP contribution in [0.25, 0.3) is 0 Å². The Morgan fingerprint density at radius 3 is 1.22 bits per heavy atom. The van der Waals surface area contributed by atoms with Crippen LogP contribution >= 0.6 is 0 Å². The fraction of sp³-hybridized carbons (Fsp3) is 0.647. The normalized spacial score (nSPS) is 14.9. The SMILES string of the molecule is C[Si](C)([Se][Si]([Si](C)(C)C)([Si](C)(C)C)[Si](C)(C)C)c1ccccc1. The minimum absolute atomic E-state index is 0.904. The predicted molar refractivity (Wildman–Crippen MR) is 125 cm³/mol. The average Bonchev–Trinajstić information content (AvgIpc) is 2.32. The van der Waals surface area contributed by atoms with E-state index < -0.39 is 34.7 Å². The van der Waals surface area contributed by atoms with Crippen molar-refractivity contribution in [2.24, 2.45) is 0 Å². The van der Waals surface area contributed by atoms with Gasteiger partial charge in [0, 0.05) is 0 Å². The van der Waals surface area contributed by atoms with Crippen LogP contribution in [0.4, 0.5) is 0 Å². The zero-order valence-corrected chi connectivity index (χ0v) is 24.0. The Hall–Kier alpha value is 0.824.